The van der Waals surface area contributed by atoms with Gasteiger partial charge in [-0.2, -0.15) is 0 Å². The van der Waals surface area contributed by atoms with Gasteiger partial charge < -0.3 is 21.1 Å². The number of benzene rings is 1. The van der Waals surface area contributed by atoms with Crippen molar-refractivity contribution in [2.45, 2.75) is 48.1 Å². The average Bonchev–Trinajstić information content (AvgIpc) is 3.66. The standard InChI is InChI=1S/C21H25N5O4S/c22-18-11-17(21(8-9-21)31(28,29)16-7-10-30-12-16)25-19(26-18)13-1-3-14(4-2-13)23-20(27)24-15-5-6-15/h1-4,11,15-16H,5-10,12H2,(H2,22,25,26)(H2,23,24,27). The smallest absolute Gasteiger partial charge is 0.319 e. The van der Waals surface area contributed by atoms with E-state index in [1.807, 2.05) is 0 Å². The SMILES string of the molecule is Nc1cc(C2(S(=O)(=O)C3CCOC3)CC2)nc(-c2ccc(NC(=O)NC3CC3)cc2)n1. The van der Waals surface area contributed by atoms with Gasteiger partial charge in [-0.3, -0.25) is 0 Å². The van der Waals surface area contributed by atoms with E-state index in [0.717, 1.165) is 12.8 Å². The lowest BCUT2D eigenvalue weighted by atomic mass is 10.1. The molecule has 0 spiro atoms. The minimum absolute atomic E-state index is 0.227. The molecule has 1 aliphatic heterocycles. The van der Waals surface area contributed by atoms with E-state index in [2.05, 4.69) is 20.6 Å². The van der Waals surface area contributed by atoms with Crippen molar-refractivity contribution in [1.82, 2.24) is 15.3 Å². The Hall–Kier alpha value is -2.72. The lowest BCUT2D eigenvalue weighted by Gasteiger charge is -2.20. The summed E-state index contributed by atoms with van der Waals surface area (Å²) in [6.45, 7) is 0.705. The molecule has 2 saturated carbocycles. The molecule has 5 rings (SSSR count). The molecule has 164 valence electrons. The van der Waals surface area contributed by atoms with Crippen LogP contribution in [-0.4, -0.2) is 48.9 Å². The molecule has 2 heterocycles. The molecule has 31 heavy (non-hydrogen) atoms. The van der Waals surface area contributed by atoms with E-state index in [1.54, 1.807) is 30.3 Å². The highest BCUT2D eigenvalue weighted by atomic mass is 32.2. The van der Waals surface area contributed by atoms with Gasteiger partial charge in [0.1, 0.15) is 10.6 Å². The summed E-state index contributed by atoms with van der Waals surface area (Å²) in [5, 5.41) is 5.16. The van der Waals surface area contributed by atoms with Gasteiger partial charge in [0.2, 0.25) is 0 Å². The van der Waals surface area contributed by atoms with E-state index in [0.29, 0.717) is 48.6 Å². The van der Waals surface area contributed by atoms with Gasteiger partial charge >= 0.3 is 6.03 Å². The Kier molecular flexibility index (Phi) is 4.86. The Morgan fingerprint density at radius 3 is 2.48 bits per heavy atom. The van der Waals surface area contributed by atoms with Gasteiger partial charge in [0.25, 0.3) is 0 Å². The zero-order valence-corrected chi connectivity index (χ0v) is 17.8. The van der Waals surface area contributed by atoms with Crippen molar-refractivity contribution in [2.75, 3.05) is 24.3 Å². The summed E-state index contributed by atoms with van der Waals surface area (Å²) >= 11 is 0. The molecule has 0 radical (unpaired) electrons. The summed E-state index contributed by atoms with van der Waals surface area (Å²) in [6.07, 6.45) is 3.61. The van der Waals surface area contributed by atoms with Gasteiger partial charge in [0.05, 0.1) is 17.6 Å². The molecule has 1 saturated heterocycles. The van der Waals surface area contributed by atoms with Gasteiger partial charge in [0, 0.05) is 30.0 Å². The molecular weight excluding hydrogens is 418 g/mol. The molecule has 0 bridgehead atoms. The van der Waals surface area contributed by atoms with Gasteiger partial charge in [-0.25, -0.2) is 23.2 Å². The summed E-state index contributed by atoms with van der Waals surface area (Å²) in [4.78, 5) is 20.8. The number of rotatable bonds is 6. The minimum Gasteiger partial charge on any atom is -0.384 e. The lowest BCUT2D eigenvalue weighted by molar-refractivity contribution is 0.198. The first kappa shape index (κ1) is 20.2. The summed E-state index contributed by atoms with van der Waals surface area (Å²) in [6, 6.07) is 8.70. The van der Waals surface area contributed by atoms with E-state index >= 15 is 0 Å². The van der Waals surface area contributed by atoms with Crippen LogP contribution < -0.4 is 16.4 Å². The van der Waals surface area contributed by atoms with Crippen LogP contribution in [-0.2, 0) is 19.3 Å². The molecule has 1 aromatic heterocycles. The quantitative estimate of drug-likeness (QED) is 0.622. The average molecular weight is 444 g/mol. The summed E-state index contributed by atoms with van der Waals surface area (Å²) in [7, 11) is -3.45. The van der Waals surface area contributed by atoms with Gasteiger partial charge in [-0.1, -0.05) is 0 Å². The molecule has 3 aliphatic rings. The molecule has 1 atom stereocenters. The van der Waals surface area contributed by atoms with Crippen molar-refractivity contribution < 1.29 is 17.9 Å². The van der Waals surface area contributed by atoms with Crippen LogP contribution in [0, 0.1) is 0 Å². The Morgan fingerprint density at radius 1 is 1.13 bits per heavy atom. The number of nitrogen functional groups attached to an aromatic ring is 1. The van der Waals surface area contributed by atoms with Crippen molar-refractivity contribution in [3.05, 3.63) is 36.0 Å². The maximum atomic E-state index is 13.3. The van der Waals surface area contributed by atoms with Crippen LogP contribution in [0.1, 0.15) is 37.8 Å². The number of amides is 2. The molecule has 10 heteroatoms. The number of carbonyl (C=O) groups excluding carboxylic acids is 1. The fraction of sp³-hybridized carbons (Fsp3) is 0.476. The number of urea groups is 1. The van der Waals surface area contributed by atoms with Crippen LogP contribution in [0.3, 0.4) is 0 Å². The summed E-state index contributed by atoms with van der Waals surface area (Å²) in [5.74, 6) is 0.600. The highest BCUT2D eigenvalue weighted by molar-refractivity contribution is 7.93. The van der Waals surface area contributed by atoms with Crippen molar-refractivity contribution in [1.29, 1.82) is 0 Å². The van der Waals surface area contributed by atoms with E-state index in [-0.39, 0.29) is 24.5 Å². The molecule has 2 aliphatic carbocycles. The van der Waals surface area contributed by atoms with Crippen LogP contribution in [0.5, 0.6) is 0 Å². The van der Waals surface area contributed by atoms with Crippen LogP contribution in [0.15, 0.2) is 30.3 Å². The second-order valence-corrected chi connectivity index (χ2v) is 11.0. The van der Waals surface area contributed by atoms with Gasteiger partial charge in [-0.05, 0) is 56.4 Å². The lowest BCUT2D eigenvalue weighted by Crippen LogP contribution is -2.33. The summed E-state index contributed by atoms with van der Waals surface area (Å²) in [5.41, 5.74) is 7.82. The second kappa shape index (κ2) is 7.45. The van der Waals surface area contributed by atoms with E-state index in [1.165, 1.54) is 0 Å². The number of hydrogen-bond donors (Lipinski definition) is 3. The van der Waals surface area contributed by atoms with Crippen LogP contribution >= 0.6 is 0 Å². The predicted molar refractivity (Wildman–Crippen MR) is 116 cm³/mol. The van der Waals surface area contributed by atoms with Gasteiger partial charge in [0.15, 0.2) is 15.7 Å². The van der Waals surface area contributed by atoms with E-state index in [9.17, 15) is 13.2 Å². The predicted octanol–water partition coefficient (Wildman–Crippen LogP) is 2.20. The maximum Gasteiger partial charge on any atom is 0.319 e. The zero-order chi connectivity index (χ0) is 21.6. The number of ether oxygens (including phenoxy) is 1. The fourth-order valence-corrected chi connectivity index (χ4v) is 6.38. The van der Waals surface area contributed by atoms with Crippen molar-refractivity contribution in [2.24, 2.45) is 0 Å². The Labute approximate surface area is 180 Å². The Balaban J connectivity index is 1.39. The number of sulfone groups is 1. The molecule has 3 fully saturated rings. The number of nitrogens with zero attached hydrogens (tertiary/aromatic N) is 2. The van der Waals surface area contributed by atoms with Crippen LogP contribution in [0.2, 0.25) is 0 Å². The van der Waals surface area contributed by atoms with Gasteiger partial charge in [-0.15, -0.1) is 0 Å². The highest BCUT2D eigenvalue weighted by Gasteiger charge is 2.60. The molecule has 1 aromatic carbocycles. The number of hydrogen-bond acceptors (Lipinski definition) is 7. The van der Waals surface area contributed by atoms with Crippen LogP contribution in [0.25, 0.3) is 11.4 Å². The van der Waals surface area contributed by atoms with Crippen molar-refractivity contribution >= 4 is 27.4 Å². The normalized spacial score (nSPS) is 22.1. The summed E-state index contributed by atoms with van der Waals surface area (Å²) < 4.78 is 30.9. The molecule has 2 amide bonds. The molecule has 4 N–H and O–H groups in total. The third kappa shape index (κ3) is 3.85. The first-order valence-corrected chi connectivity index (χ1v) is 12.1. The molecule has 1 unspecified atom stereocenters. The Morgan fingerprint density at radius 2 is 1.87 bits per heavy atom. The van der Waals surface area contributed by atoms with Crippen LogP contribution in [0.4, 0.5) is 16.3 Å². The fourth-order valence-electron chi connectivity index (χ4n) is 3.99. The molecule has 9 nitrogen and oxygen atoms in total. The number of nitrogens with one attached hydrogen (secondary N) is 2. The third-order valence-corrected chi connectivity index (χ3v) is 9.06. The third-order valence-electron chi connectivity index (χ3n) is 6.10. The minimum atomic E-state index is -3.45. The first-order valence-electron chi connectivity index (χ1n) is 10.5. The monoisotopic (exact) mass is 443 g/mol. The number of carbonyl (C=O) groups is 1. The van der Waals surface area contributed by atoms with E-state index in [4.69, 9.17) is 10.5 Å². The van der Waals surface area contributed by atoms with E-state index < -0.39 is 19.8 Å². The zero-order valence-electron chi connectivity index (χ0n) is 17.0. The highest BCUT2D eigenvalue weighted by Crippen LogP contribution is 2.54. The number of nitrogens with two attached hydrogens (primary N) is 1. The molecular formula is C21H25N5O4S. The topological polar surface area (TPSA) is 136 Å². The van der Waals surface area contributed by atoms with Crippen molar-refractivity contribution in [3.8, 4) is 11.4 Å². The first-order chi connectivity index (χ1) is 14.9. The Bertz CT molecular complexity index is 1110. The molecule has 2 aromatic rings. The maximum absolute atomic E-state index is 13.3. The number of aromatic nitrogens is 2. The largest absolute Gasteiger partial charge is 0.384 e. The van der Waals surface area contributed by atoms with Crippen molar-refractivity contribution in [3.63, 3.8) is 0 Å². The second-order valence-electron chi connectivity index (χ2n) is 8.48. The number of anilines is 2.